The lowest BCUT2D eigenvalue weighted by molar-refractivity contribution is -0.117. The van der Waals surface area contributed by atoms with Crippen molar-refractivity contribution in [1.29, 1.82) is 0 Å². The molecule has 0 saturated heterocycles. The molecule has 0 radical (unpaired) electrons. The molecule has 0 aromatic carbocycles. The van der Waals surface area contributed by atoms with Gasteiger partial charge in [0.2, 0.25) is 5.91 Å². The molecule has 2 amide bonds. The molecule has 0 atom stereocenters. The van der Waals surface area contributed by atoms with E-state index in [-0.39, 0.29) is 11.8 Å². The molecule has 1 aliphatic rings. The molecule has 0 bridgehead atoms. The third kappa shape index (κ3) is 2.83. The quantitative estimate of drug-likeness (QED) is 0.792. The van der Waals surface area contributed by atoms with Crippen LogP contribution in [0.15, 0.2) is 21.3 Å². The number of thioether (sulfide) groups is 1. The summed E-state index contributed by atoms with van der Waals surface area (Å²) in [4.78, 5) is 27.8. The molecule has 1 N–H and O–H groups in total. The summed E-state index contributed by atoms with van der Waals surface area (Å²) in [6.07, 6.45) is 1.81. The van der Waals surface area contributed by atoms with Crippen LogP contribution in [0, 0.1) is 6.92 Å². The van der Waals surface area contributed by atoms with Crippen molar-refractivity contribution in [2.24, 2.45) is 4.99 Å². The second-order valence-corrected chi connectivity index (χ2v) is 5.46. The van der Waals surface area contributed by atoms with Gasteiger partial charge in [0.15, 0.2) is 5.17 Å². The standard InChI is InChI=1S/C11H10N2O2S2/c1-6-3-4-16-8(6)5-9-10(15)13-11(17-9)12-7(2)14/h3-5H,1-2H3,(H,12,13,14,15)/b9-5-. The first-order chi connectivity index (χ1) is 8.06. The summed E-state index contributed by atoms with van der Waals surface area (Å²) < 4.78 is 0. The highest BCUT2D eigenvalue weighted by molar-refractivity contribution is 8.18. The van der Waals surface area contributed by atoms with Gasteiger partial charge in [-0.15, -0.1) is 11.3 Å². The Morgan fingerprint density at radius 1 is 1.53 bits per heavy atom. The molecule has 4 nitrogen and oxygen atoms in total. The molecule has 0 unspecified atom stereocenters. The number of carbonyl (C=O) groups is 2. The Morgan fingerprint density at radius 2 is 2.29 bits per heavy atom. The lowest BCUT2D eigenvalue weighted by atomic mass is 10.3. The van der Waals surface area contributed by atoms with Gasteiger partial charge in [-0.05, 0) is 41.8 Å². The van der Waals surface area contributed by atoms with Gasteiger partial charge in [-0.1, -0.05) is 0 Å². The van der Waals surface area contributed by atoms with E-state index in [0.29, 0.717) is 10.1 Å². The minimum Gasteiger partial charge on any atom is -0.305 e. The molecular weight excluding hydrogens is 256 g/mol. The summed E-state index contributed by atoms with van der Waals surface area (Å²) in [5.74, 6) is -0.524. The summed E-state index contributed by atoms with van der Waals surface area (Å²) in [5.41, 5.74) is 1.13. The number of carbonyl (C=O) groups excluding carboxylic acids is 2. The van der Waals surface area contributed by atoms with Gasteiger partial charge in [-0.3, -0.25) is 9.59 Å². The number of amides is 2. The van der Waals surface area contributed by atoms with Crippen LogP contribution < -0.4 is 5.32 Å². The van der Waals surface area contributed by atoms with Crippen molar-refractivity contribution in [3.05, 3.63) is 26.8 Å². The smallest absolute Gasteiger partial charge is 0.286 e. The van der Waals surface area contributed by atoms with Crippen molar-refractivity contribution in [2.45, 2.75) is 13.8 Å². The fraction of sp³-hybridized carbons (Fsp3) is 0.182. The Balaban J connectivity index is 2.17. The number of aliphatic imine (C=N–C) groups is 1. The van der Waals surface area contributed by atoms with Gasteiger partial charge in [0, 0.05) is 11.8 Å². The highest BCUT2D eigenvalue weighted by Crippen LogP contribution is 2.29. The zero-order valence-electron chi connectivity index (χ0n) is 9.31. The van der Waals surface area contributed by atoms with E-state index in [1.54, 1.807) is 11.3 Å². The van der Waals surface area contributed by atoms with Gasteiger partial charge >= 0.3 is 0 Å². The van der Waals surface area contributed by atoms with Crippen LogP contribution in [0.4, 0.5) is 0 Å². The minimum atomic E-state index is -0.299. The Bertz CT molecular complexity index is 543. The summed E-state index contributed by atoms with van der Waals surface area (Å²) in [7, 11) is 0. The van der Waals surface area contributed by atoms with Gasteiger partial charge in [0.25, 0.3) is 5.91 Å². The van der Waals surface area contributed by atoms with Crippen LogP contribution in [-0.2, 0) is 9.59 Å². The van der Waals surface area contributed by atoms with Gasteiger partial charge in [0.05, 0.1) is 4.91 Å². The van der Waals surface area contributed by atoms with Gasteiger partial charge in [-0.25, -0.2) is 0 Å². The van der Waals surface area contributed by atoms with E-state index in [0.717, 1.165) is 10.4 Å². The first-order valence-electron chi connectivity index (χ1n) is 4.90. The molecule has 88 valence electrons. The van der Waals surface area contributed by atoms with E-state index in [2.05, 4.69) is 10.3 Å². The van der Waals surface area contributed by atoms with Crippen LogP contribution in [0.5, 0.6) is 0 Å². The van der Waals surface area contributed by atoms with E-state index >= 15 is 0 Å². The molecule has 6 heteroatoms. The molecule has 0 saturated carbocycles. The maximum atomic E-state index is 11.6. The van der Waals surface area contributed by atoms with Crippen LogP contribution >= 0.6 is 23.1 Å². The zero-order chi connectivity index (χ0) is 12.4. The lowest BCUT2D eigenvalue weighted by Crippen LogP contribution is -2.23. The van der Waals surface area contributed by atoms with Gasteiger partial charge in [0.1, 0.15) is 0 Å². The minimum absolute atomic E-state index is 0.224. The lowest BCUT2D eigenvalue weighted by Gasteiger charge is -1.97. The fourth-order valence-corrected chi connectivity index (χ4v) is 3.04. The number of thiophene rings is 1. The SMILES string of the molecule is CC(=O)NC1=NC(=O)/C(=C/c2sccc2C)S1. The van der Waals surface area contributed by atoms with Crippen molar-refractivity contribution in [1.82, 2.24) is 5.32 Å². The largest absolute Gasteiger partial charge is 0.305 e. The highest BCUT2D eigenvalue weighted by Gasteiger charge is 2.22. The average Bonchev–Trinajstić information content (AvgIpc) is 2.75. The van der Waals surface area contributed by atoms with E-state index in [4.69, 9.17) is 0 Å². The molecule has 2 rings (SSSR count). The Morgan fingerprint density at radius 3 is 2.88 bits per heavy atom. The molecule has 1 aromatic rings. The van der Waals surface area contributed by atoms with Crippen molar-refractivity contribution >= 4 is 46.2 Å². The number of aryl methyl sites for hydroxylation is 1. The number of nitrogens with one attached hydrogen (secondary N) is 1. The van der Waals surface area contributed by atoms with Crippen molar-refractivity contribution in [3.63, 3.8) is 0 Å². The molecule has 17 heavy (non-hydrogen) atoms. The maximum Gasteiger partial charge on any atom is 0.286 e. The first kappa shape index (κ1) is 12.1. The second-order valence-electron chi connectivity index (χ2n) is 3.48. The second kappa shape index (κ2) is 4.85. The molecule has 1 aromatic heterocycles. The van der Waals surface area contributed by atoms with Crippen LogP contribution in [0.3, 0.4) is 0 Å². The molecule has 0 aliphatic carbocycles. The zero-order valence-corrected chi connectivity index (χ0v) is 10.9. The summed E-state index contributed by atoms with van der Waals surface area (Å²) in [6, 6.07) is 2.00. The Labute approximate surface area is 107 Å². The summed E-state index contributed by atoms with van der Waals surface area (Å²) >= 11 is 2.76. The van der Waals surface area contributed by atoms with E-state index in [1.807, 2.05) is 24.4 Å². The number of nitrogens with zero attached hydrogens (tertiary/aromatic N) is 1. The normalized spacial score (nSPS) is 17.4. The van der Waals surface area contributed by atoms with Crippen LogP contribution in [0.1, 0.15) is 17.4 Å². The predicted octanol–water partition coefficient (Wildman–Crippen LogP) is 2.16. The summed E-state index contributed by atoms with van der Waals surface area (Å²) in [5, 5.41) is 4.84. The number of hydrogen-bond acceptors (Lipinski definition) is 4. The number of rotatable bonds is 1. The van der Waals surface area contributed by atoms with E-state index in [1.165, 1.54) is 18.7 Å². The number of hydrogen-bond donors (Lipinski definition) is 1. The molecule has 1 aliphatic heterocycles. The van der Waals surface area contributed by atoms with Gasteiger partial charge < -0.3 is 5.32 Å². The Kier molecular flexibility index (Phi) is 3.44. The van der Waals surface area contributed by atoms with Gasteiger partial charge in [-0.2, -0.15) is 4.99 Å². The van der Waals surface area contributed by atoms with Crippen LogP contribution in [0.25, 0.3) is 6.08 Å². The molecule has 2 heterocycles. The van der Waals surface area contributed by atoms with E-state index in [9.17, 15) is 9.59 Å². The molecular formula is C11H10N2O2S2. The maximum absolute atomic E-state index is 11.6. The monoisotopic (exact) mass is 266 g/mol. The van der Waals surface area contributed by atoms with E-state index < -0.39 is 0 Å². The first-order valence-corrected chi connectivity index (χ1v) is 6.60. The average molecular weight is 266 g/mol. The predicted molar refractivity (Wildman–Crippen MR) is 70.9 cm³/mol. The Hall–Kier alpha value is -1.40. The third-order valence-electron chi connectivity index (χ3n) is 2.07. The highest BCUT2D eigenvalue weighted by atomic mass is 32.2. The van der Waals surface area contributed by atoms with Crippen molar-refractivity contribution in [2.75, 3.05) is 0 Å². The van der Waals surface area contributed by atoms with Crippen LogP contribution in [0.2, 0.25) is 0 Å². The fourth-order valence-electron chi connectivity index (χ4n) is 1.26. The summed E-state index contributed by atoms with van der Waals surface area (Å²) in [6.45, 7) is 3.38. The molecule has 0 fully saturated rings. The number of amidine groups is 1. The van der Waals surface area contributed by atoms with Crippen molar-refractivity contribution < 1.29 is 9.59 Å². The van der Waals surface area contributed by atoms with Crippen LogP contribution in [-0.4, -0.2) is 17.0 Å². The van der Waals surface area contributed by atoms with Crippen molar-refractivity contribution in [3.8, 4) is 0 Å². The molecule has 0 spiro atoms. The topological polar surface area (TPSA) is 58.5 Å². The third-order valence-corrected chi connectivity index (χ3v) is 3.93.